The van der Waals surface area contributed by atoms with Crippen molar-refractivity contribution < 1.29 is 23.8 Å². The van der Waals surface area contributed by atoms with Crippen LogP contribution >= 0.6 is 0 Å². The van der Waals surface area contributed by atoms with Crippen LogP contribution in [-0.2, 0) is 30.4 Å². The van der Waals surface area contributed by atoms with E-state index < -0.39 is 18.4 Å². The van der Waals surface area contributed by atoms with Crippen molar-refractivity contribution in [2.45, 2.75) is 38.9 Å². The highest BCUT2D eigenvalue weighted by Gasteiger charge is 2.49. The van der Waals surface area contributed by atoms with Crippen LogP contribution in [0.25, 0.3) is 0 Å². The van der Waals surface area contributed by atoms with E-state index in [0.717, 1.165) is 11.8 Å². The molecule has 6 nitrogen and oxygen atoms in total. The summed E-state index contributed by atoms with van der Waals surface area (Å²) in [5, 5.41) is 0. The Balaban J connectivity index is 1.89. The summed E-state index contributed by atoms with van der Waals surface area (Å²) in [5.41, 5.74) is 0.963. The monoisotopic (exact) mass is 321 g/mol. The maximum Gasteiger partial charge on any atom is 0.255 e. The molecule has 2 atom stereocenters. The second-order valence-electron chi connectivity index (χ2n) is 5.17. The van der Waals surface area contributed by atoms with Gasteiger partial charge in [0.15, 0.2) is 12.4 Å². The third-order valence-corrected chi connectivity index (χ3v) is 3.66. The van der Waals surface area contributed by atoms with Gasteiger partial charge in [-0.2, -0.15) is 0 Å². The molecule has 1 saturated heterocycles. The Kier molecular flexibility index (Phi) is 6.70. The number of hydrogen-bond acceptors (Lipinski definition) is 5. The minimum Gasteiger partial charge on any atom is -0.361 e. The van der Waals surface area contributed by atoms with Crippen molar-refractivity contribution in [3.05, 3.63) is 35.9 Å². The summed E-state index contributed by atoms with van der Waals surface area (Å²) in [4.78, 5) is 25.0. The Morgan fingerprint density at radius 2 is 1.83 bits per heavy atom. The molecular weight excluding hydrogens is 298 g/mol. The molecule has 1 aliphatic heterocycles. The van der Waals surface area contributed by atoms with Gasteiger partial charge in [0.2, 0.25) is 0 Å². The van der Waals surface area contributed by atoms with Crippen molar-refractivity contribution in [2.75, 3.05) is 19.8 Å². The van der Waals surface area contributed by atoms with Crippen LogP contribution in [-0.4, -0.2) is 55.3 Å². The number of carbonyl (C=O) groups excluding carboxylic acids is 2. The average Bonchev–Trinajstić information content (AvgIpc) is 2.57. The second-order valence-corrected chi connectivity index (χ2v) is 5.17. The Morgan fingerprint density at radius 3 is 2.39 bits per heavy atom. The van der Waals surface area contributed by atoms with Gasteiger partial charge in [-0.05, 0) is 19.4 Å². The van der Waals surface area contributed by atoms with E-state index in [4.69, 9.17) is 14.2 Å². The van der Waals surface area contributed by atoms with Crippen molar-refractivity contribution >= 4 is 12.2 Å². The zero-order valence-electron chi connectivity index (χ0n) is 13.5. The molecular formula is C17H23NO5. The molecule has 0 N–H and O–H groups in total. The SMILES string of the molecule is CCOC(CN1C(=O)[C@H](OCc2ccccc2)[C@@H]1C=O)OCC. The number of likely N-dealkylation sites (tertiary alicyclic amines) is 1. The highest BCUT2D eigenvalue weighted by atomic mass is 16.7. The first kappa shape index (κ1) is 17.6. The molecule has 1 amide bonds. The molecule has 1 aliphatic rings. The van der Waals surface area contributed by atoms with Crippen molar-refractivity contribution in [1.82, 2.24) is 4.90 Å². The topological polar surface area (TPSA) is 65.1 Å². The lowest BCUT2D eigenvalue weighted by atomic mass is 9.99. The van der Waals surface area contributed by atoms with Crippen LogP contribution in [0.15, 0.2) is 30.3 Å². The largest absolute Gasteiger partial charge is 0.361 e. The highest BCUT2D eigenvalue weighted by Crippen LogP contribution is 2.24. The molecule has 2 rings (SSSR count). The smallest absolute Gasteiger partial charge is 0.255 e. The maximum absolute atomic E-state index is 12.2. The van der Waals surface area contributed by atoms with Gasteiger partial charge in [0.05, 0.1) is 13.2 Å². The van der Waals surface area contributed by atoms with Crippen LogP contribution in [0.4, 0.5) is 0 Å². The number of carbonyl (C=O) groups is 2. The van der Waals surface area contributed by atoms with Gasteiger partial charge in [0.25, 0.3) is 5.91 Å². The average molecular weight is 321 g/mol. The van der Waals surface area contributed by atoms with Gasteiger partial charge in [-0.25, -0.2) is 0 Å². The van der Waals surface area contributed by atoms with Crippen molar-refractivity contribution in [2.24, 2.45) is 0 Å². The summed E-state index contributed by atoms with van der Waals surface area (Å²) in [5.74, 6) is -0.206. The molecule has 0 aromatic heterocycles. The summed E-state index contributed by atoms with van der Waals surface area (Å²) < 4.78 is 16.5. The highest BCUT2D eigenvalue weighted by molar-refractivity contribution is 5.95. The molecule has 23 heavy (non-hydrogen) atoms. The van der Waals surface area contributed by atoms with E-state index in [1.807, 2.05) is 44.2 Å². The molecule has 1 aromatic carbocycles. The molecule has 1 aromatic rings. The van der Waals surface area contributed by atoms with Crippen LogP contribution in [0.1, 0.15) is 19.4 Å². The number of benzene rings is 1. The lowest BCUT2D eigenvalue weighted by molar-refractivity contribution is -0.195. The number of hydrogen-bond donors (Lipinski definition) is 0. The number of rotatable bonds is 10. The van der Waals surface area contributed by atoms with Gasteiger partial charge < -0.3 is 23.9 Å². The van der Waals surface area contributed by atoms with Gasteiger partial charge in [-0.15, -0.1) is 0 Å². The predicted octanol–water partition coefficient (Wildman–Crippen LogP) is 1.38. The second kappa shape index (κ2) is 8.76. The first-order chi connectivity index (χ1) is 11.2. The molecule has 0 aliphatic carbocycles. The first-order valence-corrected chi connectivity index (χ1v) is 7.85. The molecule has 1 heterocycles. The van der Waals surface area contributed by atoms with Crippen molar-refractivity contribution in [3.8, 4) is 0 Å². The van der Waals surface area contributed by atoms with Gasteiger partial charge in [-0.1, -0.05) is 30.3 Å². The van der Waals surface area contributed by atoms with Crippen LogP contribution in [0.5, 0.6) is 0 Å². The molecule has 0 bridgehead atoms. The van der Waals surface area contributed by atoms with Gasteiger partial charge >= 0.3 is 0 Å². The lowest BCUT2D eigenvalue weighted by Crippen LogP contribution is -2.67. The normalized spacial score (nSPS) is 20.7. The summed E-state index contributed by atoms with van der Waals surface area (Å²) in [6, 6.07) is 8.96. The summed E-state index contributed by atoms with van der Waals surface area (Å²) >= 11 is 0. The minimum absolute atomic E-state index is 0.206. The first-order valence-electron chi connectivity index (χ1n) is 7.85. The van der Waals surface area contributed by atoms with E-state index in [1.54, 1.807) is 0 Å². The Hall–Kier alpha value is -1.76. The zero-order valence-corrected chi connectivity index (χ0v) is 13.5. The van der Waals surface area contributed by atoms with Gasteiger partial charge in [0.1, 0.15) is 12.3 Å². The zero-order chi connectivity index (χ0) is 16.7. The van der Waals surface area contributed by atoms with Crippen LogP contribution in [0.2, 0.25) is 0 Å². The summed E-state index contributed by atoms with van der Waals surface area (Å²) in [6.07, 6.45) is -0.505. The van der Waals surface area contributed by atoms with Crippen molar-refractivity contribution in [3.63, 3.8) is 0 Å². The van der Waals surface area contributed by atoms with E-state index in [1.165, 1.54) is 4.90 Å². The Labute approximate surface area is 136 Å². The standard InChI is InChI=1S/C17H23NO5/c1-3-21-15(22-4-2)10-18-14(11-19)16(17(18)20)23-12-13-8-6-5-7-9-13/h5-9,11,14-16H,3-4,10,12H2,1-2H3/t14-,16+/m0/s1. The fourth-order valence-electron chi connectivity index (χ4n) is 2.51. The number of β-lactam (4-membered cyclic amide) rings is 1. The van der Waals surface area contributed by atoms with E-state index in [9.17, 15) is 9.59 Å². The van der Waals surface area contributed by atoms with Crippen LogP contribution in [0, 0.1) is 0 Å². The molecule has 0 radical (unpaired) electrons. The van der Waals surface area contributed by atoms with Gasteiger partial charge in [-0.3, -0.25) is 4.79 Å². The molecule has 6 heteroatoms. The van der Waals surface area contributed by atoms with Crippen LogP contribution in [0.3, 0.4) is 0 Å². The molecule has 1 fully saturated rings. The molecule has 0 spiro atoms. The molecule has 0 saturated carbocycles. The Morgan fingerprint density at radius 1 is 1.17 bits per heavy atom. The number of nitrogens with zero attached hydrogens (tertiary/aromatic N) is 1. The fraction of sp³-hybridized carbons (Fsp3) is 0.529. The number of ether oxygens (including phenoxy) is 3. The third-order valence-electron chi connectivity index (χ3n) is 3.66. The molecule has 0 unspecified atom stereocenters. The van der Waals surface area contributed by atoms with Crippen molar-refractivity contribution in [1.29, 1.82) is 0 Å². The van der Waals surface area contributed by atoms with E-state index in [2.05, 4.69) is 0 Å². The lowest BCUT2D eigenvalue weighted by Gasteiger charge is -2.44. The van der Waals surface area contributed by atoms with Crippen LogP contribution < -0.4 is 0 Å². The number of amides is 1. The maximum atomic E-state index is 12.2. The quantitative estimate of drug-likeness (QED) is 0.370. The third kappa shape index (κ3) is 4.37. The van der Waals surface area contributed by atoms with Gasteiger partial charge in [0, 0.05) is 13.2 Å². The predicted molar refractivity (Wildman–Crippen MR) is 83.6 cm³/mol. The Bertz CT molecular complexity index is 501. The summed E-state index contributed by atoms with van der Waals surface area (Å²) in [7, 11) is 0. The molecule has 126 valence electrons. The minimum atomic E-state index is -0.725. The van der Waals surface area contributed by atoms with E-state index in [0.29, 0.717) is 19.8 Å². The number of aldehydes is 1. The summed E-state index contributed by atoms with van der Waals surface area (Å²) in [6.45, 7) is 5.20. The van der Waals surface area contributed by atoms with E-state index >= 15 is 0 Å². The van der Waals surface area contributed by atoms with E-state index in [-0.39, 0.29) is 12.5 Å². The fourth-order valence-corrected chi connectivity index (χ4v) is 2.51.